The van der Waals surface area contributed by atoms with Gasteiger partial charge in [0.1, 0.15) is 6.04 Å². The van der Waals surface area contributed by atoms with E-state index in [1.165, 1.54) is 7.11 Å². The first-order valence-corrected chi connectivity index (χ1v) is 8.32. The van der Waals surface area contributed by atoms with Crippen molar-refractivity contribution in [2.45, 2.75) is 19.9 Å². The van der Waals surface area contributed by atoms with Crippen molar-refractivity contribution in [1.29, 1.82) is 0 Å². The summed E-state index contributed by atoms with van der Waals surface area (Å²) in [7, 11) is 1.33. The number of nitrogens with one attached hydrogen (secondary N) is 1. The minimum atomic E-state index is -0.685. The molecule has 25 heavy (non-hydrogen) atoms. The van der Waals surface area contributed by atoms with Crippen LogP contribution in [0.15, 0.2) is 54.6 Å². The molecule has 0 aliphatic carbocycles. The molecule has 0 bridgehead atoms. The van der Waals surface area contributed by atoms with Crippen LogP contribution in [-0.4, -0.2) is 25.0 Å². The number of rotatable bonds is 4. The van der Waals surface area contributed by atoms with E-state index in [2.05, 4.69) is 11.4 Å². The molecule has 3 aromatic carbocycles. The van der Waals surface area contributed by atoms with Gasteiger partial charge in [-0.15, -0.1) is 0 Å². The van der Waals surface area contributed by atoms with Crippen LogP contribution in [-0.2, 0) is 9.53 Å². The summed E-state index contributed by atoms with van der Waals surface area (Å²) >= 11 is 0. The molecule has 4 nitrogen and oxygen atoms in total. The van der Waals surface area contributed by atoms with E-state index < -0.39 is 12.0 Å². The van der Waals surface area contributed by atoms with Gasteiger partial charge in [-0.25, -0.2) is 4.79 Å². The Labute approximate surface area is 146 Å². The lowest BCUT2D eigenvalue weighted by molar-refractivity contribution is -0.144. The maximum atomic E-state index is 13.1. The molecule has 0 saturated carbocycles. The molecule has 0 aliphatic heterocycles. The monoisotopic (exact) mass is 335 g/mol. The molecule has 0 radical (unpaired) electrons. The number of benzene rings is 3. The molecule has 1 N–H and O–H groups in total. The molecular weight excluding hydrogens is 314 g/mol. The predicted molar refractivity (Wildman–Crippen MR) is 99.6 cm³/mol. The highest BCUT2D eigenvalue weighted by Crippen LogP contribution is 2.28. The number of amides is 1. The van der Waals surface area contributed by atoms with Crippen LogP contribution < -0.4 is 5.32 Å². The standard InChI is InChI=1S/C21H21NO3/c1-13(2)19(21(24)25-3)22-20(23)18-16-10-6-4-8-14(16)12-15-9-5-7-11-17(15)18/h4-13,19H,1-3H3,(H,22,23)/t19-/m1/s1. The van der Waals surface area contributed by atoms with Crippen LogP contribution in [0.4, 0.5) is 0 Å². The van der Waals surface area contributed by atoms with Gasteiger partial charge in [-0.2, -0.15) is 0 Å². The molecule has 0 saturated heterocycles. The topological polar surface area (TPSA) is 55.4 Å². The summed E-state index contributed by atoms with van der Waals surface area (Å²) in [6.07, 6.45) is 0. The molecule has 0 aromatic heterocycles. The number of ether oxygens (including phenoxy) is 1. The fourth-order valence-electron chi connectivity index (χ4n) is 3.10. The predicted octanol–water partition coefficient (Wildman–Crippen LogP) is 3.92. The number of hydrogen-bond acceptors (Lipinski definition) is 3. The Morgan fingerprint density at radius 3 is 1.92 bits per heavy atom. The maximum Gasteiger partial charge on any atom is 0.328 e. The third kappa shape index (κ3) is 3.20. The zero-order valence-electron chi connectivity index (χ0n) is 14.6. The lowest BCUT2D eigenvalue weighted by atomic mass is 9.95. The second-order valence-electron chi connectivity index (χ2n) is 6.41. The van der Waals surface area contributed by atoms with Gasteiger partial charge in [0.05, 0.1) is 12.7 Å². The molecule has 1 amide bonds. The van der Waals surface area contributed by atoms with Crippen LogP contribution in [0, 0.1) is 5.92 Å². The zero-order valence-corrected chi connectivity index (χ0v) is 14.6. The van der Waals surface area contributed by atoms with Gasteiger partial charge < -0.3 is 10.1 Å². The molecule has 3 aromatic rings. The second kappa shape index (κ2) is 6.93. The van der Waals surface area contributed by atoms with Gasteiger partial charge in [-0.1, -0.05) is 62.4 Å². The summed E-state index contributed by atoms with van der Waals surface area (Å²) in [5.41, 5.74) is 0.586. The number of carbonyl (C=O) groups is 2. The summed E-state index contributed by atoms with van der Waals surface area (Å²) in [6.45, 7) is 3.76. The Morgan fingerprint density at radius 2 is 1.44 bits per heavy atom. The van der Waals surface area contributed by atoms with E-state index >= 15 is 0 Å². The van der Waals surface area contributed by atoms with Crippen molar-refractivity contribution in [3.63, 3.8) is 0 Å². The molecule has 0 aliphatic rings. The van der Waals surface area contributed by atoms with Crippen molar-refractivity contribution in [2.75, 3.05) is 7.11 Å². The van der Waals surface area contributed by atoms with Crippen LogP contribution in [0.25, 0.3) is 21.5 Å². The van der Waals surface area contributed by atoms with E-state index in [1.807, 2.05) is 62.4 Å². The van der Waals surface area contributed by atoms with Gasteiger partial charge in [0, 0.05) is 0 Å². The summed E-state index contributed by atoms with van der Waals surface area (Å²) < 4.78 is 4.83. The van der Waals surface area contributed by atoms with E-state index in [1.54, 1.807) is 0 Å². The average Bonchev–Trinajstić information content (AvgIpc) is 2.62. The molecule has 0 fully saturated rings. The first kappa shape index (κ1) is 17.0. The highest BCUT2D eigenvalue weighted by atomic mass is 16.5. The summed E-state index contributed by atoms with van der Waals surface area (Å²) in [5, 5.41) is 6.57. The smallest absolute Gasteiger partial charge is 0.328 e. The SMILES string of the molecule is COC(=O)[C@H](NC(=O)c1c2ccccc2cc2ccccc12)C(C)C. The normalized spacial score (nSPS) is 12.3. The van der Waals surface area contributed by atoms with Crippen molar-refractivity contribution in [1.82, 2.24) is 5.32 Å². The molecule has 4 heteroatoms. The maximum absolute atomic E-state index is 13.1. The summed E-state index contributed by atoms with van der Waals surface area (Å²) in [6, 6.07) is 16.9. The summed E-state index contributed by atoms with van der Waals surface area (Å²) in [4.78, 5) is 25.1. The van der Waals surface area contributed by atoms with Gasteiger partial charge in [0.2, 0.25) is 0 Å². The quantitative estimate of drug-likeness (QED) is 0.581. The van der Waals surface area contributed by atoms with Gasteiger partial charge >= 0.3 is 5.97 Å². The fraction of sp³-hybridized carbons (Fsp3) is 0.238. The van der Waals surface area contributed by atoms with Crippen LogP contribution in [0.2, 0.25) is 0 Å². The van der Waals surface area contributed by atoms with E-state index in [0.29, 0.717) is 5.56 Å². The Bertz CT molecular complexity index is 892. The number of esters is 1. The molecular formula is C21H21NO3. The Balaban J connectivity index is 2.15. The number of methoxy groups -OCH3 is 1. The lowest BCUT2D eigenvalue weighted by Crippen LogP contribution is -2.45. The molecule has 128 valence electrons. The van der Waals surface area contributed by atoms with Gasteiger partial charge in [-0.05, 0) is 33.5 Å². The van der Waals surface area contributed by atoms with Crippen LogP contribution in [0.1, 0.15) is 24.2 Å². The minimum Gasteiger partial charge on any atom is -0.467 e. The van der Waals surface area contributed by atoms with Crippen molar-refractivity contribution >= 4 is 33.4 Å². The van der Waals surface area contributed by atoms with Crippen LogP contribution in [0.5, 0.6) is 0 Å². The third-order valence-corrected chi connectivity index (χ3v) is 4.41. The number of carbonyl (C=O) groups excluding carboxylic acids is 2. The molecule has 0 heterocycles. The van der Waals surface area contributed by atoms with Gasteiger partial charge in [-0.3, -0.25) is 4.79 Å². The molecule has 0 unspecified atom stereocenters. The van der Waals surface area contributed by atoms with Gasteiger partial charge in [0.15, 0.2) is 0 Å². The fourth-order valence-corrected chi connectivity index (χ4v) is 3.10. The van der Waals surface area contributed by atoms with Crippen molar-refractivity contribution in [2.24, 2.45) is 5.92 Å². The van der Waals surface area contributed by atoms with Crippen molar-refractivity contribution in [3.8, 4) is 0 Å². The number of fused-ring (bicyclic) bond motifs is 2. The highest BCUT2D eigenvalue weighted by Gasteiger charge is 2.26. The molecule has 1 atom stereocenters. The zero-order chi connectivity index (χ0) is 18.0. The third-order valence-electron chi connectivity index (χ3n) is 4.41. The first-order chi connectivity index (χ1) is 12.0. The van der Waals surface area contributed by atoms with Crippen LogP contribution >= 0.6 is 0 Å². The first-order valence-electron chi connectivity index (χ1n) is 8.32. The lowest BCUT2D eigenvalue weighted by Gasteiger charge is -2.21. The Hall–Kier alpha value is -2.88. The summed E-state index contributed by atoms with van der Waals surface area (Å²) in [5.74, 6) is -0.775. The number of hydrogen-bond donors (Lipinski definition) is 1. The highest BCUT2D eigenvalue weighted by molar-refractivity contribution is 6.18. The second-order valence-corrected chi connectivity index (χ2v) is 6.41. The van der Waals surface area contributed by atoms with E-state index in [9.17, 15) is 9.59 Å². The van der Waals surface area contributed by atoms with Crippen molar-refractivity contribution < 1.29 is 14.3 Å². The van der Waals surface area contributed by atoms with Crippen LogP contribution in [0.3, 0.4) is 0 Å². The molecule has 3 rings (SSSR count). The van der Waals surface area contributed by atoms with E-state index in [0.717, 1.165) is 21.5 Å². The molecule has 0 spiro atoms. The van der Waals surface area contributed by atoms with E-state index in [4.69, 9.17) is 4.74 Å². The Morgan fingerprint density at radius 1 is 0.920 bits per heavy atom. The van der Waals surface area contributed by atoms with Crippen molar-refractivity contribution in [3.05, 3.63) is 60.2 Å². The largest absolute Gasteiger partial charge is 0.467 e. The Kier molecular flexibility index (Phi) is 4.70. The van der Waals surface area contributed by atoms with E-state index in [-0.39, 0.29) is 11.8 Å². The average molecular weight is 335 g/mol. The minimum absolute atomic E-state index is 0.0716. The van der Waals surface area contributed by atoms with Gasteiger partial charge in [0.25, 0.3) is 5.91 Å².